The molecule has 0 aliphatic carbocycles. The number of carbonyl (C=O) groups is 1. The maximum absolute atomic E-state index is 12.9. The Hall–Kier alpha value is -4.58. The molecule has 1 amide bonds. The van der Waals surface area contributed by atoms with Gasteiger partial charge in [0, 0.05) is 5.39 Å². The molecule has 3 aromatic carbocycles. The summed E-state index contributed by atoms with van der Waals surface area (Å²) >= 11 is 0. The van der Waals surface area contributed by atoms with Gasteiger partial charge in [-0.15, -0.1) is 0 Å². The van der Waals surface area contributed by atoms with Crippen molar-refractivity contribution in [2.45, 2.75) is 0 Å². The van der Waals surface area contributed by atoms with E-state index in [-0.39, 0.29) is 22.7 Å². The highest BCUT2D eigenvalue weighted by Crippen LogP contribution is 2.37. The number of nitriles is 1. The fraction of sp³-hybridized carbons (Fsp3) is 0.0476. The summed E-state index contributed by atoms with van der Waals surface area (Å²) in [6.45, 7) is 0. The van der Waals surface area contributed by atoms with Gasteiger partial charge in [0.25, 0.3) is 5.91 Å². The molecule has 0 fully saturated rings. The van der Waals surface area contributed by atoms with Gasteiger partial charge in [-0.25, -0.2) is 0 Å². The van der Waals surface area contributed by atoms with Crippen LogP contribution in [-0.4, -0.2) is 29.7 Å². The third-order valence-electron chi connectivity index (χ3n) is 4.26. The Morgan fingerprint density at radius 2 is 1.93 bits per heavy atom. The zero-order valence-corrected chi connectivity index (χ0v) is 15.9. The Bertz CT molecular complexity index is 1210. The van der Waals surface area contributed by atoms with E-state index in [0.29, 0.717) is 22.2 Å². The van der Waals surface area contributed by atoms with Gasteiger partial charge in [0.15, 0.2) is 11.6 Å². The molecule has 0 aromatic heterocycles. The zero-order valence-electron chi connectivity index (χ0n) is 15.9. The number of fused-ring (bicyclic) bond motifs is 1. The number of para-hydroxylation sites is 2. The molecular formula is C21H18N6O3. The molecular weight excluding hydrogens is 384 g/mol. The summed E-state index contributed by atoms with van der Waals surface area (Å²) in [4.78, 5) is 12.9. The first-order valence-corrected chi connectivity index (χ1v) is 8.73. The molecule has 0 bridgehead atoms. The monoisotopic (exact) mass is 402 g/mol. The zero-order chi connectivity index (χ0) is 21.7. The van der Waals surface area contributed by atoms with E-state index in [1.807, 2.05) is 0 Å². The molecule has 150 valence electrons. The maximum Gasteiger partial charge on any atom is 0.259 e. The number of hydrazone groups is 1. The lowest BCUT2D eigenvalue weighted by molar-refractivity contribution is 0.102. The number of amidine groups is 1. The predicted molar refractivity (Wildman–Crippen MR) is 115 cm³/mol. The molecule has 0 aliphatic rings. The predicted octanol–water partition coefficient (Wildman–Crippen LogP) is 3.03. The lowest BCUT2D eigenvalue weighted by atomic mass is 10.0. The second-order valence-corrected chi connectivity index (χ2v) is 6.12. The smallest absolute Gasteiger partial charge is 0.259 e. The van der Waals surface area contributed by atoms with E-state index in [1.54, 1.807) is 60.7 Å². The van der Waals surface area contributed by atoms with Gasteiger partial charge < -0.3 is 20.9 Å². The van der Waals surface area contributed by atoms with Gasteiger partial charge in [-0.1, -0.05) is 36.4 Å². The molecule has 9 heteroatoms. The van der Waals surface area contributed by atoms with E-state index in [4.69, 9.17) is 21.1 Å². The van der Waals surface area contributed by atoms with Gasteiger partial charge in [-0.3, -0.25) is 15.6 Å². The number of methoxy groups -OCH3 is 1. The van der Waals surface area contributed by atoms with Crippen molar-refractivity contribution in [2.75, 3.05) is 17.9 Å². The Morgan fingerprint density at radius 3 is 2.63 bits per heavy atom. The number of benzene rings is 3. The number of ether oxygens (including phenoxy) is 1. The van der Waals surface area contributed by atoms with Gasteiger partial charge in [0.2, 0.25) is 5.71 Å². The molecule has 3 rings (SSSR count). The van der Waals surface area contributed by atoms with E-state index in [9.17, 15) is 9.90 Å². The summed E-state index contributed by atoms with van der Waals surface area (Å²) in [5.74, 6) is -0.999. The number of phenols is 1. The van der Waals surface area contributed by atoms with Crippen LogP contribution >= 0.6 is 0 Å². The lowest BCUT2D eigenvalue weighted by Crippen LogP contribution is -2.22. The number of aromatic hydroxyl groups is 1. The van der Waals surface area contributed by atoms with Crippen LogP contribution in [0.2, 0.25) is 0 Å². The van der Waals surface area contributed by atoms with Crippen molar-refractivity contribution in [3.05, 3.63) is 60.2 Å². The minimum atomic E-state index is -0.568. The second-order valence-electron chi connectivity index (χ2n) is 6.12. The molecule has 3 aromatic rings. The van der Waals surface area contributed by atoms with Crippen LogP contribution in [-0.2, 0) is 0 Å². The number of hydrogen-bond acceptors (Lipinski definition) is 7. The number of anilines is 2. The van der Waals surface area contributed by atoms with Crippen molar-refractivity contribution in [3.63, 3.8) is 0 Å². The molecule has 0 saturated carbocycles. The molecule has 0 unspecified atom stereocenters. The number of phenolic OH excluding ortho intramolecular Hbond substituents is 1. The van der Waals surface area contributed by atoms with Gasteiger partial charge in [-0.05, 0) is 23.6 Å². The number of nitrogens with two attached hydrogens (primary N) is 1. The summed E-state index contributed by atoms with van der Waals surface area (Å²) in [5, 5.41) is 34.9. The first-order chi connectivity index (χ1) is 14.5. The third-order valence-corrected chi connectivity index (χ3v) is 4.26. The van der Waals surface area contributed by atoms with E-state index >= 15 is 0 Å². The normalized spacial score (nSPS) is 10.9. The number of nitrogens with one attached hydrogen (secondary N) is 3. The fourth-order valence-electron chi connectivity index (χ4n) is 2.82. The van der Waals surface area contributed by atoms with Gasteiger partial charge in [-0.2, -0.15) is 10.4 Å². The van der Waals surface area contributed by atoms with E-state index in [0.717, 1.165) is 0 Å². The number of nitrogens with zero attached hydrogens (tertiary/aromatic N) is 2. The maximum atomic E-state index is 12.9. The average molecular weight is 402 g/mol. The van der Waals surface area contributed by atoms with Gasteiger partial charge in [0.05, 0.1) is 18.4 Å². The van der Waals surface area contributed by atoms with Crippen LogP contribution in [0.1, 0.15) is 10.4 Å². The van der Waals surface area contributed by atoms with Crippen molar-refractivity contribution < 1.29 is 14.6 Å². The first kappa shape index (κ1) is 20.2. The topological polar surface area (TPSA) is 157 Å². The van der Waals surface area contributed by atoms with Crippen molar-refractivity contribution in [1.82, 2.24) is 0 Å². The fourth-order valence-corrected chi connectivity index (χ4v) is 2.82. The largest absolute Gasteiger partial charge is 0.505 e. The highest BCUT2D eigenvalue weighted by molar-refractivity contribution is 6.45. The van der Waals surface area contributed by atoms with Crippen molar-refractivity contribution >= 4 is 39.6 Å². The Balaban J connectivity index is 2.08. The summed E-state index contributed by atoms with van der Waals surface area (Å²) in [7, 11) is 1.49. The third kappa shape index (κ3) is 3.98. The minimum Gasteiger partial charge on any atom is -0.505 e. The quantitative estimate of drug-likeness (QED) is 0.185. The van der Waals surface area contributed by atoms with Gasteiger partial charge in [0.1, 0.15) is 17.5 Å². The van der Waals surface area contributed by atoms with E-state index in [2.05, 4.69) is 15.8 Å². The number of amides is 1. The van der Waals surface area contributed by atoms with Crippen LogP contribution in [0, 0.1) is 16.7 Å². The van der Waals surface area contributed by atoms with Crippen LogP contribution < -0.4 is 21.2 Å². The molecule has 0 spiro atoms. The number of hydrogen-bond donors (Lipinski definition) is 5. The summed E-state index contributed by atoms with van der Waals surface area (Å²) in [6.07, 6.45) is 0. The van der Waals surface area contributed by atoms with Crippen molar-refractivity contribution in [2.24, 2.45) is 10.8 Å². The van der Waals surface area contributed by atoms with Crippen LogP contribution in [0.15, 0.2) is 59.7 Å². The summed E-state index contributed by atoms with van der Waals surface area (Å²) in [5.41, 5.74) is 8.03. The Morgan fingerprint density at radius 1 is 1.23 bits per heavy atom. The van der Waals surface area contributed by atoms with E-state index < -0.39 is 11.7 Å². The van der Waals surface area contributed by atoms with Crippen LogP contribution in [0.5, 0.6) is 11.5 Å². The summed E-state index contributed by atoms with van der Waals surface area (Å²) < 4.78 is 5.24. The molecule has 6 N–H and O–H groups in total. The minimum absolute atomic E-state index is 0.0151. The SMILES string of the molecule is COc1ccccc1NC(=O)c1cc2ccccc2c(N/N=C(\C#N)C(=N)N)c1O. The van der Waals surface area contributed by atoms with Crippen LogP contribution in [0.25, 0.3) is 10.8 Å². The second kappa shape index (κ2) is 8.62. The highest BCUT2D eigenvalue weighted by atomic mass is 16.5. The van der Waals surface area contributed by atoms with E-state index in [1.165, 1.54) is 7.11 Å². The van der Waals surface area contributed by atoms with Crippen LogP contribution in [0.3, 0.4) is 0 Å². The molecule has 0 saturated heterocycles. The van der Waals surface area contributed by atoms with Crippen molar-refractivity contribution in [3.8, 4) is 17.6 Å². The molecule has 0 atom stereocenters. The molecule has 0 heterocycles. The lowest BCUT2D eigenvalue weighted by Gasteiger charge is -2.14. The molecule has 0 radical (unpaired) electrons. The Kier molecular flexibility index (Phi) is 5.79. The molecule has 0 aliphatic heterocycles. The van der Waals surface area contributed by atoms with Gasteiger partial charge >= 0.3 is 0 Å². The number of carbonyl (C=O) groups excluding carboxylic acids is 1. The molecule has 30 heavy (non-hydrogen) atoms. The average Bonchev–Trinajstić information content (AvgIpc) is 2.75. The summed E-state index contributed by atoms with van der Waals surface area (Å²) in [6, 6.07) is 17.1. The standard InChI is InChI=1S/C21H18N6O3/c1-30-17-9-5-4-8-15(17)25-21(29)14-10-12-6-2-3-7-13(12)18(19(14)28)27-26-16(11-22)20(23)24/h2-10,27-28H,1H3,(H3,23,24)(H,25,29)/b26-16+. The first-order valence-electron chi connectivity index (χ1n) is 8.73. The highest BCUT2D eigenvalue weighted by Gasteiger charge is 2.19. The van der Waals surface area contributed by atoms with Crippen LogP contribution in [0.4, 0.5) is 11.4 Å². The van der Waals surface area contributed by atoms with Crippen molar-refractivity contribution in [1.29, 1.82) is 10.7 Å². The Labute approximate surface area is 171 Å². The molecule has 9 nitrogen and oxygen atoms in total. The number of rotatable bonds is 6.